The molecule has 2 aromatic rings. The van der Waals surface area contributed by atoms with Crippen LogP contribution in [0.3, 0.4) is 0 Å². The van der Waals surface area contributed by atoms with Gasteiger partial charge in [-0.2, -0.15) is 0 Å². The molecular formula is C28H42O4. The SMILES string of the molecule is Oc1cc(O)cc(CCCCCCCCCCCCCCCCc2cc(O)cc(O)c2)c1. The fourth-order valence-corrected chi connectivity index (χ4v) is 4.38. The highest BCUT2D eigenvalue weighted by molar-refractivity contribution is 5.37. The van der Waals surface area contributed by atoms with Gasteiger partial charge in [0.05, 0.1) is 0 Å². The first-order chi connectivity index (χ1) is 15.5. The van der Waals surface area contributed by atoms with E-state index in [1.165, 1.54) is 89.2 Å². The van der Waals surface area contributed by atoms with Gasteiger partial charge in [-0.05, 0) is 61.1 Å². The lowest BCUT2D eigenvalue weighted by atomic mass is 10.0. The molecule has 0 saturated carbocycles. The van der Waals surface area contributed by atoms with Crippen molar-refractivity contribution in [1.29, 1.82) is 0 Å². The standard InChI is InChI=1S/C28H42O4/c29-25-17-23(18-26(30)21-25)15-13-11-9-7-5-3-1-2-4-6-8-10-12-14-16-24-19-27(31)22-28(32)20-24/h17-22,29-32H,1-16H2. The molecule has 0 heterocycles. The fourth-order valence-electron chi connectivity index (χ4n) is 4.38. The molecule has 0 unspecified atom stereocenters. The zero-order valence-electron chi connectivity index (χ0n) is 19.6. The minimum atomic E-state index is 0.145. The molecule has 0 atom stereocenters. The topological polar surface area (TPSA) is 80.9 Å². The largest absolute Gasteiger partial charge is 0.508 e. The molecule has 4 heteroatoms. The van der Waals surface area contributed by atoms with Crippen LogP contribution >= 0.6 is 0 Å². The van der Waals surface area contributed by atoms with Gasteiger partial charge in [0.1, 0.15) is 23.0 Å². The fraction of sp³-hybridized carbons (Fsp3) is 0.571. The average Bonchev–Trinajstić information content (AvgIpc) is 2.72. The third-order valence-electron chi connectivity index (χ3n) is 6.11. The molecule has 4 N–H and O–H groups in total. The molecule has 2 rings (SSSR count). The lowest BCUT2D eigenvalue weighted by Gasteiger charge is -2.05. The number of hydrogen-bond acceptors (Lipinski definition) is 4. The zero-order valence-corrected chi connectivity index (χ0v) is 19.6. The van der Waals surface area contributed by atoms with Gasteiger partial charge >= 0.3 is 0 Å². The molecule has 0 aromatic heterocycles. The van der Waals surface area contributed by atoms with Crippen LogP contribution in [0.2, 0.25) is 0 Å². The van der Waals surface area contributed by atoms with E-state index in [2.05, 4.69) is 0 Å². The first-order valence-electron chi connectivity index (χ1n) is 12.6. The van der Waals surface area contributed by atoms with E-state index < -0.39 is 0 Å². The molecule has 0 saturated heterocycles. The van der Waals surface area contributed by atoms with Crippen LogP contribution in [0.5, 0.6) is 23.0 Å². The second-order valence-corrected chi connectivity index (χ2v) is 9.17. The minimum Gasteiger partial charge on any atom is -0.508 e. The average molecular weight is 443 g/mol. The summed E-state index contributed by atoms with van der Waals surface area (Å²) in [7, 11) is 0. The van der Waals surface area contributed by atoms with Crippen molar-refractivity contribution in [2.45, 2.75) is 103 Å². The summed E-state index contributed by atoms with van der Waals surface area (Å²) in [6, 6.07) is 9.70. The second-order valence-electron chi connectivity index (χ2n) is 9.17. The van der Waals surface area contributed by atoms with E-state index in [-0.39, 0.29) is 23.0 Å². The minimum absolute atomic E-state index is 0.145. The molecule has 0 aliphatic heterocycles. The van der Waals surface area contributed by atoms with Crippen LogP contribution in [0.4, 0.5) is 0 Å². The van der Waals surface area contributed by atoms with Crippen LogP contribution in [0, 0.1) is 0 Å². The monoisotopic (exact) mass is 442 g/mol. The highest BCUT2D eigenvalue weighted by Crippen LogP contribution is 2.23. The Morgan fingerprint density at radius 2 is 0.531 bits per heavy atom. The van der Waals surface area contributed by atoms with Crippen LogP contribution in [-0.2, 0) is 12.8 Å². The molecule has 0 amide bonds. The number of rotatable bonds is 17. The van der Waals surface area contributed by atoms with Crippen molar-refractivity contribution in [2.75, 3.05) is 0 Å². The smallest absolute Gasteiger partial charge is 0.119 e. The van der Waals surface area contributed by atoms with E-state index in [4.69, 9.17) is 0 Å². The van der Waals surface area contributed by atoms with Crippen LogP contribution in [-0.4, -0.2) is 20.4 Å². The molecule has 2 aromatic carbocycles. The third-order valence-corrected chi connectivity index (χ3v) is 6.11. The normalized spacial score (nSPS) is 11.1. The maximum atomic E-state index is 9.50. The number of aromatic hydroxyl groups is 4. The predicted molar refractivity (Wildman–Crippen MR) is 132 cm³/mol. The van der Waals surface area contributed by atoms with Gasteiger partial charge in [-0.15, -0.1) is 0 Å². The Hall–Kier alpha value is -2.36. The summed E-state index contributed by atoms with van der Waals surface area (Å²) in [4.78, 5) is 0. The summed E-state index contributed by atoms with van der Waals surface area (Å²) in [5.74, 6) is 0.581. The third kappa shape index (κ3) is 11.9. The molecule has 0 spiro atoms. The van der Waals surface area contributed by atoms with Crippen molar-refractivity contribution >= 4 is 0 Å². The quantitative estimate of drug-likeness (QED) is 0.189. The Bertz CT molecular complexity index is 666. The van der Waals surface area contributed by atoms with Crippen molar-refractivity contribution in [3.8, 4) is 23.0 Å². The van der Waals surface area contributed by atoms with Crippen LogP contribution < -0.4 is 0 Å². The summed E-state index contributed by atoms with van der Waals surface area (Å²) < 4.78 is 0. The molecule has 32 heavy (non-hydrogen) atoms. The van der Waals surface area contributed by atoms with Crippen molar-refractivity contribution in [2.24, 2.45) is 0 Å². The highest BCUT2D eigenvalue weighted by Gasteiger charge is 2.01. The van der Waals surface area contributed by atoms with Gasteiger partial charge in [0.15, 0.2) is 0 Å². The zero-order chi connectivity index (χ0) is 23.0. The van der Waals surface area contributed by atoms with E-state index in [0.29, 0.717) is 0 Å². The van der Waals surface area contributed by atoms with Crippen molar-refractivity contribution in [3.63, 3.8) is 0 Å². The molecule has 0 bridgehead atoms. The van der Waals surface area contributed by atoms with Gasteiger partial charge in [0.2, 0.25) is 0 Å². The van der Waals surface area contributed by atoms with E-state index in [1.807, 2.05) is 0 Å². The molecule has 4 nitrogen and oxygen atoms in total. The molecule has 0 radical (unpaired) electrons. The van der Waals surface area contributed by atoms with Gasteiger partial charge in [-0.3, -0.25) is 0 Å². The molecule has 0 fully saturated rings. The Morgan fingerprint density at radius 1 is 0.312 bits per heavy atom. The van der Waals surface area contributed by atoms with Crippen molar-refractivity contribution in [3.05, 3.63) is 47.5 Å². The van der Waals surface area contributed by atoms with E-state index in [9.17, 15) is 20.4 Å². The summed E-state index contributed by atoms with van der Waals surface area (Å²) in [5.41, 5.74) is 2.03. The number of unbranched alkanes of at least 4 members (excludes halogenated alkanes) is 13. The van der Waals surface area contributed by atoms with Gasteiger partial charge < -0.3 is 20.4 Å². The Labute approximate surface area is 194 Å². The first kappa shape index (κ1) is 25.9. The van der Waals surface area contributed by atoms with Crippen molar-refractivity contribution in [1.82, 2.24) is 0 Å². The van der Waals surface area contributed by atoms with Crippen LogP contribution in [0.1, 0.15) is 101 Å². The van der Waals surface area contributed by atoms with E-state index in [0.717, 1.165) is 36.8 Å². The number of phenols is 4. The van der Waals surface area contributed by atoms with Gasteiger partial charge in [-0.1, -0.05) is 77.0 Å². The summed E-state index contributed by atoms with van der Waals surface area (Å²) in [6.45, 7) is 0. The maximum absolute atomic E-state index is 9.50. The maximum Gasteiger partial charge on any atom is 0.119 e. The Balaban J connectivity index is 1.32. The Kier molecular flexibility index (Phi) is 12.5. The van der Waals surface area contributed by atoms with Crippen molar-refractivity contribution < 1.29 is 20.4 Å². The molecule has 178 valence electrons. The second kappa shape index (κ2) is 15.4. The van der Waals surface area contributed by atoms with E-state index >= 15 is 0 Å². The Morgan fingerprint density at radius 3 is 0.781 bits per heavy atom. The van der Waals surface area contributed by atoms with Gasteiger partial charge in [0.25, 0.3) is 0 Å². The number of phenolic OH excluding ortho intramolecular Hbond substituents is 4. The van der Waals surface area contributed by atoms with Gasteiger partial charge in [0, 0.05) is 12.1 Å². The lowest BCUT2D eigenvalue weighted by molar-refractivity contribution is 0.447. The lowest BCUT2D eigenvalue weighted by Crippen LogP contribution is -1.87. The summed E-state index contributed by atoms with van der Waals surface area (Å²) in [6.07, 6.45) is 19.7. The number of benzene rings is 2. The number of aryl methyl sites for hydroxylation is 2. The molecule has 0 aliphatic rings. The molecular weight excluding hydrogens is 400 g/mol. The van der Waals surface area contributed by atoms with Crippen LogP contribution in [0.25, 0.3) is 0 Å². The van der Waals surface area contributed by atoms with Gasteiger partial charge in [-0.25, -0.2) is 0 Å². The van der Waals surface area contributed by atoms with Crippen LogP contribution in [0.15, 0.2) is 36.4 Å². The summed E-state index contributed by atoms with van der Waals surface area (Å²) in [5, 5.41) is 38.0. The highest BCUT2D eigenvalue weighted by atomic mass is 16.3. The number of hydrogen-bond donors (Lipinski definition) is 4. The predicted octanol–water partition coefficient (Wildman–Crippen LogP) is 7.76. The first-order valence-corrected chi connectivity index (χ1v) is 12.6. The molecule has 0 aliphatic carbocycles. The van der Waals surface area contributed by atoms with E-state index in [1.54, 1.807) is 24.3 Å². The summed E-state index contributed by atoms with van der Waals surface area (Å²) >= 11 is 0.